The highest BCUT2D eigenvalue weighted by atomic mass is 16.6. The van der Waals surface area contributed by atoms with E-state index in [1.165, 1.54) is 14.2 Å². The minimum atomic E-state index is -0.850. The highest BCUT2D eigenvalue weighted by molar-refractivity contribution is 5.69. The topological polar surface area (TPSA) is 95.7 Å². The second kappa shape index (κ2) is 12.1. The van der Waals surface area contributed by atoms with E-state index in [1.54, 1.807) is 0 Å². The Hall–Kier alpha value is -1.66. The SMILES string of the molecule is COC(=O)CCCCCCCCC(CC(=O)OC)[N+](=O)[O-]. The molecule has 0 heterocycles. The zero-order valence-corrected chi connectivity index (χ0v) is 12.8. The molecular weight excluding hydrogens is 278 g/mol. The second-order valence-corrected chi connectivity index (χ2v) is 4.96. The van der Waals surface area contributed by atoms with Gasteiger partial charge in [-0.3, -0.25) is 19.7 Å². The standard InChI is InChI=1S/C14H25NO6/c1-20-13(16)10-8-6-4-3-5-7-9-12(15(18)19)11-14(17)21-2/h12H,3-11H2,1-2H3. The molecule has 0 saturated heterocycles. The summed E-state index contributed by atoms with van der Waals surface area (Å²) in [4.78, 5) is 32.3. The van der Waals surface area contributed by atoms with Gasteiger partial charge in [-0.05, 0) is 12.8 Å². The van der Waals surface area contributed by atoms with Crippen molar-refractivity contribution in [2.24, 2.45) is 0 Å². The van der Waals surface area contributed by atoms with E-state index in [9.17, 15) is 19.7 Å². The van der Waals surface area contributed by atoms with Gasteiger partial charge in [-0.1, -0.05) is 25.7 Å². The summed E-state index contributed by atoms with van der Waals surface area (Å²) in [6.45, 7) is 0. The van der Waals surface area contributed by atoms with Crippen molar-refractivity contribution in [1.29, 1.82) is 0 Å². The third-order valence-electron chi connectivity index (χ3n) is 3.32. The van der Waals surface area contributed by atoms with Gasteiger partial charge in [0, 0.05) is 17.8 Å². The summed E-state index contributed by atoms with van der Waals surface area (Å²) in [7, 11) is 2.61. The lowest BCUT2D eigenvalue weighted by atomic mass is 10.0. The van der Waals surface area contributed by atoms with Crippen molar-refractivity contribution in [3.8, 4) is 0 Å². The third kappa shape index (κ3) is 10.8. The van der Waals surface area contributed by atoms with Gasteiger partial charge < -0.3 is 9.47 Å². The van der Waals surface area contributed by atoms with Crippen molar-refractivity contribution >= 4 is 11.9 Å². The van der Waals surface area contributed by atoms with Crippen LogP contribution in [0.1, 0.15) is 57.8 Å². The van der Waals surface area contributed by atoms with E-state index >= 15 is 0 Å². The summed E-state index contributed by atoms with van der Waals surface area (Å²) in [5, 5.41) is 10.8. The molecule has 0 fully saturated rings. The van der Waals surface area contributed by atoms with Crippen LogP contribution in [-0.4, -0.2) is 37.1 Å². The molecule has 1 unspecified atom stereocenters. The molecule has 122 valence electrons. The van der Waals surface area contributed by atoms with Crippen LogP contribution in [0.4, 0.5) is 0 Å². The maximum absolute atomic E-state index is 11.0. The number of rotatable bonds is 12. The minimum absolute atomic E-state index is 0.164. The average Bonchev–Trinajstić information content (AvgIpc) is 2.47. The van der Waals surface area contributed by atoms with Gasteiger partial charge in [-0.2, -0.15) is 0 Å². The Balaban J connectivity index is 3.61. The Kier molecular flexibility index (Phi) is 11.2. The number of hydrogen-bond donors (Lipinski definition) is 0. The van der Waals surface area contributed by atoms with Gasteiger partial charge in [0.05, 0.1) is 14.2 Å². The Labute approximate surface area is 125 Å². The molecule has 0 aromatic carbocycles. The first-order valence-corrected chi connectivity index (χ1v) is 7.28. The second-order valence-electron chi connectivity index (χ2n) is 4.96. The Bertz CT molecular complexity index is 331. The van der Waals surface area contributed by atoms with E-state index in [4.69, 9.17) is 0 Å². The van der Waals surface area contributed by atoms with Crippen LogP contribution in [0.25, 0.3) is 0 Å². The van der Waals surface area contributed by atoms with Crippen LogP contribution in [0.15, 0.2) is 0 Å². The normalized spacial score (nSPS) is 11.7. The number of hydrogen-bond acceptors (Lipinski definition) is 6. The molecule has 0 aromatic rings. The third-order valence-corrected chi connectivity index (χ3v) is 3.32. The van der Waals surface area contributed by atoms with E-state index < -0.39 is 16.9 Å². The molecular formula is C14H25NO6. The molecule has 0 spiro atoms. The fourth-order valence-corrected chi connectivity index (χ4v) is 2.02. The molecule has 1 atom stereocenters. The summed E-state index contributed by atoms with van der Waals surface area (Å²) in [5.74, 6) is -0.730. The van der Waals surface area contributed by atoms with E-state index in [2.05, 4.69) is 9.47 Å². The van der Waals surface area contributed by atoms with Gasteiger partial charge >= 0.3 is 11.9 Å². The Morgan fingerprint density at radius 1 is 0.952 bits per heavy atom. The van der Waals surface area contributed by atoms with Crippen LogP contribution in [0.3, 0.4) is 0 Å². The molecule has 0 radical (unpaired) electrons. The molecule has 0 saturated carbocycles. The highest BCUT2D eigenvalue weighted by Crippen LogP contribution is 2.13. The van der Waals surface area contributed by atoms with Crippen LogP contribution in [0.2, 0.25) is 0 Å². The molecule has 0 amide bonds. The number of methoxy groups -OCH3 is 2. The van der Waals surface area contributed by atoms with E-state index in [0.717, 1.165) is 38.5 Å². The average molecular weight is 303 g/mol. The van der Waals surface area contributed by atoms with Crippen molar-refractivity contribution < 1.29 is 24.0 Å². The van der Waals surface area contributed by atoms with Crippen LogP contribution < -0.4 is 0 Å². The molecule has 0 N–H and O–H groups in total. The molecule has 0 rings (SSSR count). The fourth-order valence-electron chi connectivity index (χ4n) is 2.02. The lowest BCUT2D eigenvalue weighted by Crippen LogP contribution is -2.23. The summed E-state index contributed by atoms with van der Waals surface area (Å²) in [6.07, 6.45) is 6.03. The molecule has 0 aliphatic heterocycles. The zero-order chi connectivity index (χ0) is 16.1. The van der Waals surface area contributed by atoms with Crippen LogP contribution in [0, 0.1) is 10.1 Å². The number of esters is 2. The van der Waals surface area contributed by atoms with Crippen LogP contribution in [0.5, 0.6) is 0 Å². The van der Waals surface area contributed by atoms with Crippen molar-refractivity contribution in [2.45, 2.75) is 63.8 Å². The quantitative estimate of drug-likeness (QED) is 0.238. The van der Waals surface area contributed by atoms with Crippen molar-refractivity contribution in [1.82, 2.24) is 0 Å². The van der Waals surface area contributed by atoms with Gasteiger partial charge in [-0.25, -0.2) is 0 Å². The Morgan fingerprint density at radius 3 is 2.00 bits per heavy atom. The zero-order valence-electron chi connectivity index (χ0n) is 12.8. The largest absolute Gasteiger partial charge is 0.469 e. The number of nitro groups is 1. The molecule has 0 bridgehead atoms. The molecule has 21 heavy (non-hydrogen) atoms. The monoisotopic (exact) mass is 303 g/mol. The first kappa shape index (κ1) is 19.3. The summed E-state index contributed by atoms with van der Waals surface area (Å²) in [6, 6.07) is -0.850. The maximum atomic E-state index is 11.0. The molecule has 7 heteroatoms. The number of ether oxygens (including phenoxy) is 2. The summed E-state index contributed by atoms with van der Waals surface area (Å²) in [5.41, 5.74) is 0. The number of nitrogens with zero attached hydrogens (tertiary/aromatic N) is 1. The van der Waals surface area contributed by atoms with Crippen molar-refractivity contribution in [2.75, 3.05) is 14.2 Å². The Morgan fingerprint density at radius 2 is 1.48 bits per heavy atom. The van der Waals surface area contributed by atoms with Crippen molar-refractivity contribution in [3.63, 3.8) is 0 Å². The fraction of sp³-hybridized carbons (Fsp3) is 0.857. The van der Waals surface area contributed by atoms with Gasteiger partial charge in [0.15, 0.2) is 0 Å². The molecule has 0 aliphatic rings. The van der Waals surface area contributed by atoms with Gasteiger partial charge in [0.1, 0.15) is 6.42 Å². The summed E-state index contributed by atoms with van der Waals surface area (Å²) >= 11 is 0. The lowest BCUT2D eigenvalue weighted by Gasteiger charge is -2.08. The van der Waals surface area contributed by atoms with Gasteiger partial charge in [0.2, 0.25) is 6.04 Å². The molecule has 7 nitrogen and oxygen atoms in total. The number of carbonyl (C=O) groups is 2. The maximum Gasteiger partial charge on any atom is 0.312 e. The smallest absolute Gasteiger partial charge is 0.312 e. The number of carbonyl (C=O) groups excluding carboxylic acids is 2. The summed E-state index contributed by atoms with van der Waals surface area (Å²) < 4.78 is 8.99. The minimum Gasteiger partial charge on any atom is -0.469 e. The van der Waals surface area contributed by atoms with Crippen LogP contribution >= 0.6 is 0 Å². The highest BCUT2D eigenvalue weighted by Gasteiger charge is 2.23. The lowest BCUT2D eigenvalue weighted by molar-refractivity contribution is -0.522. The first-order chi connectivity index (χ1) is 10.0. The molecule has 0 aliphatic carbocycles. The predicted octanol–water partition coefficient (Wildman–Crippen LogP) is 2.49. The van der Waals surface area contributed by atoms with Gasteiger partial charge in [-0.15, -0.1) is 0 Å². The van der Waals surface area contributed by atoms with Crippen LogP contribution in [-0.2, 0) is 19.1 Å². The first-order valence-electron chi connectivity index (χ1n) is 7.28. The van der Waals surface area contributed by atoms with Gasteiger partial charge in [0.25, 0.3) is 0 Å². The van der Waals surface area contributed by atoms with E-state index in [0.29, 0.717) is 12.8 Å². The van der Waals surface area contributed by atoms with E-state index in [1.807, 2.05) is 0 Å². The van der Waals surface area contributed by atoms with E-state index in [-0.39, 0.29) is 12.4 Å². The predicted molar refractivity (Wildman–Crippen MR) is 76.4 cm³/mol. The molecule has 0 aromatic heterocycles. The van der Waals surface area contributed by atoms with Crippen molar-refractivity contribution in [3.05, 3.63) is 10.1 Å². The number of unbranched alkanes of at least 4 members (excludes halogenated alkanes) is 5.